The van der Waals surface area contributed by atoms with Crippen molar-refractivity contribution >= 4 is 13.7 Å². The first kappa shape index (κ1) is 55.8. The number of nitrogens with one attached hydrogen (secondary N) is 1. The van der Waals surface area contributed by atoms with E-state index in [0.717, 1.165) is 38.5 Å². The third kappa shape index (κ3) is 29.7. The summed E-state index contributed by atoms with van der Waals surface area (Å²) in [5.41, 5.74) is 0. The van der Waals surface area contributed by atoms with E-state index in [4.69, 9.17) is 18.5 Å². The molecule has 59 heavy (non-hydrogen) atoms. The van der Waals surface area contributed by atoms with Gasteiger partial charge in [-0.2, -0.15) is 0 Å². The van der Waals surface area contributed by atoms with Crippen molar-refractivity contribution in [2.45, 2.75) is 211 Å². The molecule has 1 fully saturated rings. The van der Waals surface area contributed by atoms with Gasteiger partial charge >= 0.3 is 7.82 Å². The van der Waals surface area contributed by atoms with Crippen molar-refractivity contribution in [2.75, 3.05) is 47.5 Å². The highest BCUT2D eigenvalue weighted by molar-refractivity contribution is 7.47. The number of nitrogens with zero attached hydrogens (tertiary/aromatic N) is 1. The number of hydrogen-bond donors (Lipinski definition) is 6. The maximum absolute atomic E-state index is 13.1. The molecule has 0 aromatic rings. The lowest BCUT2D eigenvalue weighted by Crippen LogP contribution is -2.60. The van der Waals surface area contributed by atoms with Crippen LogP contribution in [0.15, 0.2) is 24.3 Å². The highest BCUT2D eigenvalue weighted by atomic mass is 31.2. The number of quaternary nitrogens is 1. The number of aliphatic hydroxyl groups is 4. The lowest BCUT2D eigenvalue weighted by molar-refractivity contribution is -0.870. The van der Waals surface area contributed by atoms with E-state index < -0.39 is 57.3 Å². The molecular weight excluding hydrogens is 775 g/mol. The number of ether oxygens (including phenoxy) is 2. The predicted octanol–water partition coefficient (Wildman–Crippen LogP) is 8.01. The van der Waals surface area contributed by atoms with E-state index in [-0.39, 0.29) is 19.1 Å². The van der Waals surface area contributed by atoms with Gasteiger partial charge in [0, 0.05) is 6.42 Å². The van der Waals surface area contributed by atoms with Crippen molar-refractivity contribution in [3.05, 3.63) is 24.3 Å². The van der Waals surface area contributed by atoms with Crippen molar-refractivity contribution in [1.29, 1.82) is 0 Å². The lowest BCUT2D eigenvalue weighted by Gasteiger charge is -2.40. The number of phosphoric ester groups is 1. The fourth-order valence-electron chi connectivity index (χ4n) is 6.85. The summed E-state index contributed by atoms with van der Waals surface area (Å²) in [6.45, 7) is 3.92. The van der Waals surface area contributed by atoms with Gasteiger partial charge in [0.25, 0.3) is 0 Å². The van der Waals surface area contributed by atoms with Crippen LogP contribution < -0.4 is 5.32 Å². The van der Waals surface area contributed by atoms with Crippen LogP contribution in [0.3, 0.4) is 0 Å². The number of carbonyl (C=O) groups excluding carboxylic acids is 1. The maximum atomic E-state index is 13.1. The van der Waals surface area contributed by atoms with E-state index in [0.29, 0.717) is 23.9 Å². The van der Waals surface area contributed by atoms with Crippen LogP contribution >= 0.6 is 7.82 Å². The number of aliphatic hydroxyl groups excluding tert-OH is 4. The number of likely N-dealkylation sites (N-methyl/N-ethyl adjacent to an activating group) is 1. The summed E-state index contributed by atoms with van der Waals surface area (Å²) < 4.78 is 34.5. The number of allylic oxidation sites excluding steroid dienone is 3. The molecule has 1 aliphatic rings. The van der Waals surface area contributed by atoms with Gasteiger partial charge in [0.2, 0.25) is 5.91 Å². The topological polar surface area (TPSA) is 184 Å². The summed E-state index contributed by atoms with van der Waals surface area (Å²) in [6, 6.07) is -0.907. The van der Waals surface area contributed by atoms with E-state index in [1.165, 1.54) is 103 Å². The van der Waals surface area contributed by atoms with Crippen LogP contribution in [-0.4, -0.2) is 126 Å². The Hall–Kier alpha value is -1.22. The molecule has 1 unspecified atom stereocenters. The standard InChI is InChI=1S/C45H87N2O11P/c1-6-8-10-12-14-16-18-20-22-24-26-28-30-32-39(48)38(46-41(49)33-31-29-27-25-23-21-19-17-15-13-11-9-7-2)36-55-45-44(52)43(51)42(50)40(58-45)37-57-59(53,54)56-35-34-47(3,4)5/h22,24,30,32,38-40,42-45,48,50-52H,6-21,23,25-29,31,33-37H2,1-5H3,(H-,46,49,53,54)/p+1/b24-22+,32-30+/t38-,39-,40+,42-,43-,44+,45+/m0/s1. The molecule has 1 amide bonds. The number of carbonyl (C=O) groups is 1. The van der Waals surface area contributed by atoms with Crippen LogP contribution in [0.5, 0.6) is 0 Å². The van der Waals surface area contributed by atoms with E-state index in [1.807, 2.05) is 27.2 Å². The van der Waals surface area contributed by atoms with Gasteiger partial charge in [0.05, 0.1) is 46.5 Å². The van der Waals surface area contributed by atoms with Crippen molar-refractivity contribution < 1.29 is 57.7 Å². The zero-order valence-electron chi connectivity index (χ0n) is 37.7. The van der Waals surface area contributed by atoms with Crippen LogP contribution in [0.4, 0.5) is 0 Å². The third-order valence-corrected chi connectivity index (χ3v) is 11.8. The first-order valence-electron chi connectivity index (χ1n) is 23.2. The van der Waals surface area contributed by atoms with Gasteiger partial charge in [-0.3, -0.25) is 13.8 Å². The normalized spacial score (nSPS) is 22.2. The molecule has 0 spiro atoms. The van der Waals surface area contributed by atoms with Gasteiger partial charge in [0.1, 0.15) is 37.6 Å². The molecule has 0 radical (unpaired) electrons. The first-order valence-corrected chi connectivity index (χ1v) is 24.7. The summed E-state index contributed by atoms with van der Waals surface area (Å²) in [4.78, 5) is 23.2. The molecule has 1 heterocycles. The van der Waals surface area contributed by atoms with Crippen LogP contribution in [0.25, 0.3) is 0 Å². The van der Waals surface area contributed by atoms with E-state index in [9.17, 15) is 34.7 Å². The number of unbranched alkanes of at least 4 members (excludes halogenated alkanes) is 20. The Morgan fingerprint density at radius 3 is 1.78 bits per heavy atom. The summed E-state index contributed by atoms with van der Waals surface area (Å²) in [6.07, 6.45) is 26.2. The Morgan fingerprint density at radius 2 is 1.22 bits per heavy atom. The summed E-state index contributed by atoms with van der Waals surface area (Å²) in [7, 11) is 1.17. The van der Waals surface area contributed by atoms with Gasteiger partial charge in [-0.05, 0) is 32.1 Å². The van der Waals surface area contributed by atoms with Crippen molar-refractivity contribution in [1.82, 2.24) is 5.32 Å². The fraction of sp³-hybridized carbons (Fsp3) is 0.889. The van der Waals surface area contributed by atoms with Crippen molar-refractivity contribution in [3.63, 3.8) is 0 Å². The molecule has 14 heteroatoms. The SMILES string of the molecule is CCCCCCCCC/C=C/CC/C=C/[C@H](O)[C@H](CO[C@@H]1O[C@H](COP(=O)(O)OCC[N+](C)(C)C)[C@H](O)[C@H](O)[C@H]1O)NC(=O)CCCCCCCCCCCCCCC. The average Bonchev–Trinajstić information content (AvgIpc) is 3.18. The molecule has 1 saturated heterocycles. The Balaban J connectivity index is 2.70. The molecule has 1 aliphatic heterocycles. The molecule has 0 aliphatic carbocycles. The summed E-state index contributed by atoms with van der Waals surface area (Å²) in [5, 5.41) is 45.9. The van der Waals surface area contributed by atoms with E-state index in [1.54, 1.807) is 6.08 Å². The van der Waals surface area contributed by atoms with Crippen LogP contribution in [0, 0.1) is 0 Å². The zero-order chi connectivity index (χ0) is 43.8. The second-order valence-corrected chi connectivity index (χ2v) is 19.0. The number of rotatable bonds is 38. The quantitative estimate of drug-likeness (QED) is 0.0153. The van der Waals surface area contributed by atoms with Crippen LogP contribution in [0.2, 0.25) is 0 Å². The second-order valence-electron chi connectivity index (χ2n) is 17.5. The number of phosphoric acid groups is 1. The van der Waals surface area contributed by atoms with Gasteiger partial charge in [-0.15, -0.1) is 0 Å². The molecule has 13 nitrogen and oxygen atoms in total. The Bertz CT molecular complexity index is 1140. The van der Waals surface area contributed by atoms with Crippen molar-refractivity contribution in [2.24, 2.45) is 0 Å². The van der Waals surface area contributed by atoms with Crippen molar-refractivity contribution in [3.8, 4) is 0 Å². The Morgan fingerprint density at radius 1 is 0.712 bits per heavy atom. The number of hydrogen-bond acceptors (Lipinski definition) is 10. The fourth-order valence-corrected chi connectivity index (χ4v) is 7.57. The minimum absolute atomic E-state index is 0.0579. The minimum atomic E-state index is -4.52. The van der Waals surface area contributed by atoms with Crippen LogP contribution in [0.1, 0.15) is 168 Å². The Kier molecular flexibility index (Phi) is 32.4. The maximum Gasteiger partial charge on any atom is 0.472 e. The number of amides is 1. The molecular formula is C45H88N2O11P+. The highest BCUT2D eigenvalue weighted by Gasteiger charge is 2.45. The lowest BCUT2D eigenvalue weighted by atomic mass is 9.99. The largest absolute Gasteiger partial charge is 0.472 e. The third-order valence-electron chi connectivity index (χ3n) is 10.8. The summed E-state index contributed by atoms with van der Waals surface area (Å²) in [5.74, 6) is -0.238. The molecule has 0 aromatic carbocycles. The highest BCUT2D eigenvalue weighted by Crippen LogP contribution is 2.43. The smallest absolute Gasteiger partial charge is 0.387 e. The Labute approximate surface area is 358 Å². The van der Waals surface area contributed by atoms with Gasteiger partial charge in [0.15, 0.2) is 6.29 Å². The zero-order valence-corrected chi connectivity index (χ0v) is 38.6. The van der Waals surface area contributed by atoms with Gasteiger partial charge in [-0.25, -0.2) is 4.57 Å². The monoisotopic (exact) mass is 864 g/mol. The average molecular weight is 864 g/mol. The predicted molar refractivity (Wildman–Crippen MR) is 236 cm³/mol. The molecule has 0 aromatic heterocycles. The van der Waals surface area contributed by atoms with Gasteiger partial charge < -0.3 is 44.6 Å². The summed E-state index contributed by atoms with van der Waals surface area (Å²) >= 11 is 0. The molecule has 348 valence electrons. The molecule has 1 rings (SSSR count). The minimum Gasteiger partial charge on any atom is -0.387 e. The molecule has 6 N–H and O–H groups in total. The van der Waals surface area contributed by atoms with Gasteiger partial charge in [-0.1, -0.05) is 154 Å². The molecule has 0 saturated carbocycles. The van der Waals surface area contributed by atoms with E-state index >= 15 is 0 Å². The molecule has 8 atom stereocenters. The van der Waals surface area contributed by atoms with Crippen LogP contribution in [-0.2, 0) is 27.9 Å². The second kappa shape index (κ2) is 34.3. The molecule has 0 bridgehead atoms. The first-order chi connectivity index (χ1) is 28.2. The van der Waals surface area contributed by atoms with E-state index in [2.05, 4.69) is 31.3 Å².